The van der Waals surface area contributed by atoms with Crippen LogP contribution in [-0.2, 0) is 0 Å². The standard InChI is InChI=1S/C15H15ClN2O3/c1-2-20-10-4-3-5-11(8-10)21-12-6-7-13(14(16)9-12)15(17)18-19/h3-9,19H,2H2,1H3,(H2,17,18). The van der Waals surface area contributed by atoms with Crippen molar-refractivity contribution in [2.45, 2.75) is 6.92 Å². The summed E-state index contributed by atoms with van der Waals surface area (Å²) in [6.45, 7) is 2.50. The quantitative estimate of drug-likeness (QED) is 0.383. The number of ether oxygens (including phenoxy) is 2. The molecule has 2 rings (SSSR count). The second-order valence-corrected chi connectivity index (χ2v) is 4.54. The van der Waals surface area contributed by atoms with Gasteiger partial charge in [-0.15, -0.1) is 0 Å². The molecule has 0 heterocycles. The molecule has 0 radical (unpaired) electrons. The molecule has 0 saturated heterocycles. The number of oxime groups is 1. The molecule has 0 fully saturated rings. The van der Waals surface area contributed by atoms with Crippen LogP contribution in [0.25, 0.3) is 0 Å². The third-order valence-electron chi connectivity index (χ3n) is 2.68. The lowest BCUT2D eigenvalue weighted by Crippen LogP contribution is -2.13. The summed E-state index contributed by atoms with van der Waals surface area (Å²) in [4.78, 5) is 0. The molecule has 0 aliphatic carbocycles. The fourth-order valence-corrected chi connectivity index (χ4v) is 2.02. The zero-order valence-electron chi connectivity index (χ0n) is 11.4. The average molecular weight is 307 g/mol. The second kappa shape index (κ2) is 6.85. The van der Waals surface area contributed by atoms with Crippen molar-refractivity contribution in [3.8, 4) is 17.2 Å². The topological polar surface area (TPSA) is 77.1 Å². The molecule has 0 bridgehead atoms. The highest BCUT2D eigenvalue weighted by molar-refractivity contribution is 6.34. The van der Waals surface area contributed by atoms with Gasteiger partial charge >= 0.3 is 0 Å². The summed E-state index contributed by atoms with van der Waals surface area (Å²) in [7, 11) is 0. The average Bonchev–Trinajstić information content (AvgIpc) is 2.47. The van der Waals surface area contributed by atoms with Crippen LogP contribution in [0.4, 0.5) is 0 Å². The van der Waals surface area contributed by atoms with Crippen LogP contribution in [-0.4, -0.2) is 17.6 Å². The van der Waals surface area contributed by atoms with Crippen molar-refractivity contribution in [1.29, 1.82) is 0 Å². The first-order chi connectivity index (χ1) is 10.1. The third-order valence-corrected chi connectivity index (χ3v) is 2.99. The first-order valence-corrected chi connectivity index (χ1v) is 6.70. The fraction of sp³-hybridized carbons (Fsp3) is 0.133. The Hall–Kier alpha value is -2.40. The lowest BCUT2D eigenvalue weighted by atomic mass is 10.2. The molecule has 0 aromatic heterocycles. The van der Waals surface area contributed by atoms with E-state index in [0.29, 0.717) is 28.7 Å². The van der Waals surface area contributed by atoms with Gasteiger partial charge in [0.2, 0.25) is 0 Å². The largest absolute Gasteiger partial charge is 0.494 e. The predicted octanol–water partition coefficient (Wildman–Crippen LogP) is 3.63. The van der Waals surface area contributed by atoms with E-state index < -0.39 is 0 Å². The molecule has 0 saturated carbocycles. The molecule has 6 heteroatoms. The molecule has 0 unspecified atom stereocenters. The van der Waals surface area contributed by atoms with E-state index in [1.54, 1.807) is 24.3 Å². The summed E-state index contributed by atoms with van der Waals surface area (Å²) in [5.74, 6) is 1.86. The summed E-state index contributed by atoms with van der Waals surface area (Å²) >= 11 is 6.07. The number of nitrogens with zero attached hydrogens (tertiary/aromatic N) is 1. The van der Waals surface area contributed by atoms with Crippen LogP contribution in [0.5, 0.6) is 17.2 Å². The Bertz CT molecular complexity index is 659. The maximum absolute atomic E-state index is 8.66. The summed E-state index contributed by atoms with van der Waals surface area (Å²) < 4.78 is 11.1. The van der Waals surface area contributed by atoms with Crippen molar-refractivity contribution in [3.05, 3.63) is 53.1 Å². The van der Waals surface area contributed by atoms with E-state index >= 15 is 0 Å². The number of hydrogen-bond donors (Lipinski definition) is 2. The van der Waals surface area contributed by atoms with Crippen LogP contribution in [0, 0.1) is 0 Å². The number of rotatable bonds is 5. The molecule has 3 N–H and O–H groups in total. The highest BCUT2D eigenvalue weighted by Crippen LogP contribution is 2.28. The second-order valence-electron chi connectivity index (χ2n) is 4.14. The van der Waals surface area contributed by atoms with Gasteiger partial charge in [0.1, 0.15) is 17.2 Å². The van der Waals surface area contributed by atoms with Gasteiger partial charge in [0, 0.05) is 17.7 Å². The zero-order chi connectivity index (χ0) is 15.2. The Kier molecular flexibility index (Phi) is 4.90. The summed E-state index contributed by atoms with van der Waals surface area (Å²) in [6.07, 6.45) is 0. The van der Waals surface area contributed by atoms with Gasteiger partial charge in [-0.05, 0) is 31.2 Å². The summed E-state index contributed by atoms with van der Waals surface area (Å²) in [5, 5.41) is 11.9. The van der Waals surface area contributed by atoms with Gasteiger partial charge < -0.3 is 20.4 Å². The Labute approximate surface area is 127 Å². The number of halogens is 1. The molecule has 0 spiro atoms. The van der Waals surface area contributed by atoms with Gasteiger partial charge in [0.05, 0.1) is 11.6 Å². The van der Waals surface area contributed by atoms with Crippen LogP contribution in [0.3, 0.4) is 0 Å². The number of benzene rings is 2. The molecule has 2 aromatic carbocycles. The van der Waals surface area contributed by atoms with Crippen molar-refractivity contribution in [2.75, 3.05) is 6.61 Å². The Morgan fingerprint density at radius 2 is 1.90 bits per heavy atom. The van der Waals surface area contributed by atoms with Crippen LogP contribution in [0.15, 0.2) is 47.6 Å². The van der Waals surface area contributed by atoms with E-state index in [0.717, 1.165) is 5.75 Å². The van der Waals surface area contributed by atoms with Crippen molar-refractivity contribution in [2.24, 2.45) is 10.9 Å². The minimum Gasteiger partial charge on any atom is -0.494 e. The van der Waals surface area contributed by atoms with Crippen LogP contribution in [0.1, 0.15) is 12.5 Å². The number of hydrogen-bond acceptors (Lipinski definition) is 4. The molecule has 5 nitrogen and oxygen atoms in total. The van der Waals surface area contributed by atoms with Gasteiger partial charge in [-0.3, -0.25) is 0 Å². The Morgan fingerprint density at radius 3 is 2.57 bits per heavy atom. The normalized spacial score (nSPS) is 11.2. The van der Waals surface area contributed by atoms with E-state index in [9.17, 15) is 0 Å². The molecule has 0 aliphatic heterocycles. The van der Waals surface area contributed by atoms with Gasteiger partial charge in [0.25, 0.3) is 0 Å². The van der Waals surface area contributed by atoms with Crippen molar-refractivity contribution >= 4 is 17.4 Å². The van der Waals surface area contributed by atoms with Gasteiger partial charge in [-0.25, -0.2) is 0 Å². The zero-order valence-corrected chi connectivity index (χ0v) is 12.2. The monoisotopic (exact) mass is 306 g/mol. The van der Waals surface area contributed by atoms with E-state index in [2.05, 4.69) is 5.16 Å². The molecule has 2 aromatic rings. The summed E-state index contributed by atoms with van der Waals surface area (Å²) in [6, 6.07) is 12.2. The lowest BCUT2D eigenvalue weighted by molar-refractivity contribution is 0.318. The molecule has 21 heavy (non-hydrogen) atoms. The fourth-order valence-electron chi connectivity index (χ4n) is 1.75. The Morgan fingerprint density at radius 1 is 1.19 bits per heavy atom. The first-order valence-electron chi connectivity index (χ1n) is 6.32. The molecular weight excluding hydrogens is 292 g/mol. The Balaban J connectivity index is 2.20. The predicted molar refractivity (Wildman–Crippen MR) is 81.6 cm³/mol. The highest BCUT2D eigenvalue weighted by atomic mass is 35.5. The molecule has 0 amide bonds. The maximum atomic E-state index is 8.66. The van der Waals surface area contributed by atoms with Gasteiger partial charge in [0.15, 0.2) is 5.84 Å². The molecular formula is C15H15ClN2O3. The van der Waals surface area contributed by atoms with Crippen molar-refractivity contribution in [1.82, 2.24) is 0 Å². The molecule has 0 atom stereocenters. The first kappa shape index (κ1) is 15.0. The lowest BCUT2D eigenvalue weighted by Gasteiger charge is -2.09. The minimum absolute atomic E-state index is 0.0510. The SMILES string of the molecule is CCOc1cccc(Oc2ccc(C(N)=NO)c(Cl)c2)c1. The van der Waals surface area contributed by atoms with E-state index in [1.807, 2.05) is 25.1 Å². The third kappa shape index (κ3) is 3.79. The van der Waals surface area contributed by atoms with Crippen molar-refractivity contribution < 1.29 is 14.7 Å². The van der Waals surface area contributed by atoms with Crippen molar-refractivity contribution in [3.63, 3.8) is 0 Å². The maximum Gasteiger partial charge on any atom is 0.171 e. The highest BCUT2D eigenvalue weighted by Gasteiger charge is 2.08. The number of nitrogens with two attached hydrogens (primary N) is 1. The van der Waals surface area contributed by atoms with Crippen LogP contribution < -0.4 is 15.2 Å². The van der Waals surface area contributed by atoms with Crippen LogP contribution >= 0.6 is 11.6 Å². The van der Waals surface area contributed by atoms with Crippen LogP contribution in [0.2, 0.25) is 5.02 Å². The molecule has 0 aliphatic rings. The molecule has 110 valence electrons. The van der Waals surface area contributed by atoms with E-state index in [-0.39, 0.29) is 5.84 Å². The smallest absolute Gasteiger partial charge is 0.171 e. The van der Waals surface area contributed by atoms with Gasteiger partial charge in [-0.1, -0.05) is 22.8 Å². The number of amidine groups is 1. The summed E-state index contributed by atoms with van der Waals surface area (Å²) in [5.41, 5.74) is 5.95. The van der Waals surface area contributed by atoms with E-state index in [4.69, 9.17) is 32.0 Å². The minimum atomic E-state index is -0.0510. The van der Waals surface area contributed by atoms with Gasteiger partial charge in [-0.2, -0.15) is 0 Å². The van der Waals surface area contributed by atoms with E-state index in [1.165, 1.54) is 0 Å².